The molecule has 3 aliphatic rings. The molecule has 1 aromatic heterocycles. The third kappa shape index (κ3) is 12.0. The number of phosphoric acid groups is 2. The minimum absolute atomic E-state index is 0.181. The first kappa shape index (κ1) is 48.5. The maximum atomic E-state index is 13.1. The molecule has 3 aliphatic heterocycles. The lowest BCUT2D eigenvalue weighted by Gasteiger charge is -2.46. The summed E-state index contributed by atoms with van der Waals surface area (Å²) in [7, 11) is -10.8. The minimum atomic E-state index is -5.70. The first-order valence-electron chi connectivity index (χ1n) is 17.2. The van der Waals surface area contributed by atoms with E-state index in [1.807, 2.05) is 0 Å². The maximum absolute atomic E-state index is 13.1. The van der Waals surface area contributed by atoms with Gasteiger partial charge >= 0.3 is 27.3 Å². The Morgan fingerprint density at radius 2 is 1.56 bits per heavy atom. The second-order valence-electron chi connectivity index (χ2n) is 13.6. The van der Waals surface area contributed by atoms with Crippen molar-refractivity contribution in [2.24, 2.45) is 0 Å². The van der Waals surface area contributed by atoms with E-state index in [1.165, 1.54) is 0 Å². The number of rotatable bonds is 17. The number of nitrogens with zero attached hydrogens (tertiary/aromatic N) is 2. The second-order valence-corrected chi connectivity index (χ2v) is 16.2. The molecule has 59 heavy (non-hydrogen) atoms. The van der Waals surface area contributed by atoms with E-state index in [2.05, 4.69) is 20.1 Å². The van der Waals surface area contributed by atoms with Crippen molar-refractivity contribution in [1.82, 2.24) is 20.2 Å². The van der Waals surface area contributed by atoms with Gasteiger partial charge in [0, 0.05) is 26.1 Å². The van der Waals surface area contributed by atoms with Crippen LogP contribution in [0, 0.1) is 0 Å². The summed E-state index contributed by atoms with van der Waals surface area (Å²) < 4.78 is 54.9. The molecule has 1 aromatic rings. The number of anilines is 1. The zero-order valence-corrected chi connectivity index (χ0v) is 32.2. The summed E-state index contributed by atoms with van der Waals surface area (Å²) in [6.45, 7) is -2.07. The predicted octanol–water partition coefficient (Wildman–Crippen LogP) is -7.80. The van der Waals surface area contributed by atoms with E-state index < -0.39 is 163 Å². The Labute approximate surface area is 330 Å². The van der Waals surface area contributed by atoms with Gasteiger partial charge in [0.1, 0.15) is 60.8 Å². The number of nitrogens with one attached hydrogen (secondary N) is 2. The average molecular weight is 898 g/mol. The number of aliphatic hydroxyl groups excluding tert-OH is 8. The predicted molar refractivity (Wildman–Crippen MR) is 183 cm³/mol. The molecule has 0 aliphatic carbocycles. The van der Waals surface area contributed by atoms with Crippen molar-refractivity contribution in [1.29, 1.82) is 0 Å². The fourth-order valence-corrected chi connectivity index (χ4v) is 7.60. The summed E-state index contributed by atoms with van der Waals surface area (Å²) in [6.07, 6.45) is -25.9. The van der Waals surface area contributed by atoms with Crippen LogP contribution >= 0.6 is 15.6 Å². The number of aromatic nitrogens is 2. The zero-order chi connectivity index (χ0) is 44.4. The molecule has 3 fully saturated rings. The molecule has 0 aromatic carbocycles. The number of carbonyl (C=O) groups excluding carboxylic acids is 2. The fourth-order valence-electron chi connectivity index (χ4n) is 6.31. The maximum Gasteiger partial charge on any atom is 0.475 e. The van der Waals surface area contributed by atoms with Gasteiger partial charge in [0.05, 0.1) is 44.0 Å². The number of hydrogen-bond donors (Lipinski definition) is 15. The fraction of sp³-hybridized carbons (Fsp3) is 0.750. The number of phosphoric ester groups is 2. The van der Waals surface area contributed by atoms with Crippen molar-refractivity contribution in [2.75, 3.05) is 25.5 Å². The van der Waals surface area contributed by atoms with E-state index >= 15 is 0 Å². The number of nitrogen functional groups attached to an aromatic ring is 1. The van der Waals surface area contributed by atoms with Crippen LogP contribution in [0.25, 0.3) is 0 Å². The number of hydrogen-bond acceptors (Lipinski definition) is 22. The van der Waals surface area contributed by atoms with Gasteiger partial charge in [0.2, 0.25) is 11.8 Å². The molecule has 16 N–H and O–H groups in total. The monoisotopic (exact) mass is 897 g/mol. The van der Waals surface area contributed by atoms with E-state index in [-0.39, 0.29) is 5.82 Å². The van der Waals surface area contributed by atoms with E-state index in [1.54, 1.807) is 0 Å². The molecule has 0 spiro atoms. The van der Waals surface area contributed by atoms with Crippen LogP contribution in [0.15, 0.2) is 17.1 Å². The van der Waals surface area contributed by atoms with Crippen LogP contribution < -0.4 is 22.1 Å². The molecule has 0 bridgehead atoms. The molecule has 29 nitrogen and oxygen atoms in total. The number of carboxylic acids is 1. The Balaban J connectivity index is 1.44. The third-order valence-electron chi connectivity index (χ3n) is 9.24. The summed E-state index contributed by atoms with van der Waals surface area (Å²) in [6, 6.07) is -0.599. The van der Waals surface area contributed by atoms with Crippen molar-refractivity contribution in [2.45, 2.75) is 111 Å². The number of carbonyl (C=O) groups is 3. The summed E-state index contributed by atoms with van der Waals surface area (Å²) >= 11 is 0. The van der Waals surface area contributed by atoms with Crippen LogP contribution in [0.5, 0.6) is 0 Å². The summed E-state index contributed by atoms with van der Waals surface area (Å²) in [5, 5.41) is 98.7. The van der Waals surface area contributed by atoms with Gasteiger partial charge in [-0.05, 0) is 6.07 Å². The topological polar surface area (TPSA) is 468 Å². The smallest absolute Gasteiger partial charge is 0.475 e. The standard InChI is InChI=1S/C28H45N5O24P2/c1-9(34)31-17-10(35)5-28(26(44)45,57-59(50,51)53-8-14-21(41)23(43)25(55-14)33-3-2-15(29)32-27(33)46)56-24(17)18(38)11(36)6-30-16(37)4-12-19(39)22(42)20(40)13(54-12)7-52-58(47,48)49/h2-3,10-14,17-25,35-36,38-43H,4-8H2,1H3,(H,30,37)(H,31,34)(H,44,45)(H,50,51)(H2,29,32,46)(H2,47,48,49)/t10?,11-,12+,13?,14?,17?,18-,19?,20+,21?,22-,23?,24?,25?,28?/m1/s1. The van der Waals surface area contributed by atoms with Gasteiger partial charge in [-0.2, -0.15) is 4.98 Å². The van der Waals surface area contributed by atoms with E-state index in [0.717, 1.165) is 23.8 Å². The van der Waals surface area contributed by atoms with Crippen LogP contribution in [0.4, 0.5) is 5.82 Å². The average Bonchev–Trinajstić information content (AvgIpc) is 3.41. The van der Waals surface area contributed by atoms with Gasteiger partial charge in [-0.15, -0.1) is 0 Å². The minimum Gasteiger partial charge on any atom is -0.477 e. The van der Waals surface area contributed by atoms with Gasteiger partial charge in [-0.1, -0.05) is 0 Å². The Morgan fingerprint density at radius 1 is 0.966 bits per heavy atom. The van der Waals surface area contributed by atoms with Gasteiger partial charge in [0.15, 0.2) is 6.23 Å². The van der Waals surface area contributed by atoms with Crippen LogP contribution in [-0.2, 0) is 51.3 Å². The van der Waals surface area contributed by atoms with Crippen molar-refractivity contribution in [3.05, 3.63) is 22.7 Å². The molecule has 3 saturated heterocycles. The van der Waals surface area contributed by atoms with E-state index in [9.17, 15) is 79.2 Å². The highest BCUT2D eigenvalue weighted by Gasteiger charge is 2.59. The van der Waals surface area contributed by atoms with Gasteiger partial charge in [0.25, 0.3) is 5.79 Å². The van der Waals surface area contributed by atoms with Crippen LogP contribution in [0.2, 0.25) is 0 Å². The SMILES string of the molecule is CC(=O)NC1C(O)CC(OP(=O)(O)OCC2OC(n3ccc(N)nc3=O)C(O)C2O)(C(=O)O)OC1[C@H](O)[C@H](O)CNC(=O)C[C@@H]1OC(COP(=O)(O)O)[C@H](O)[C@H](O)C1O. The highest BCUT2D eigenvalue weighted by molar-refractivity contribution is 7.47. The number of carboxylic acid groups (broad SMARTS) is 1. The third-order valence-corrected chi connectivity index (χ3v) is 10.7. The van der Waals surface area contributed by atoms with Crippen molar-refractivity contribution in [3.63, 3.8) is 0 Å². The number of amides is 2. The number of nitrogens with two attached hydrogens (primary N) is 1. The largest absolute Gasteiger partial charge is 0.477 e. The van der Waals surface area contributed by atoms with Crippen LogP contribution in [0.1, 0.15) is 26.0 Å². The van der Waals surface area contributed by atoms with Crippen molar-refractivity contribution in [3.8, 4) is 0 Å². The number of aliphatic carboxylic acids is 1. The lowest BCUT2D eigenvalue weighted by atomic mass is 9.88. The highest BCUT2D eigenvalue weighted by atomic mass is 31.2. The zero-order valence-electron chi connectivity index (χ0n) is 30.4. The summed E-state index contributed by atoms with van der Waals surface area (Å²) in [4.78, 5) is 81.4. The highest BCUT2D eigenvalue weighted by Crippen LogP contribution is 2.51. The molecule has 2 amide bonds. The number of aliphatic hydroxyl groups is 8. The Morgan fingerprint density at radius 3 is 2.15 bits per heavy atom. The van der Waals surface area contributed by atoms with Crippen molar-refractivity contribution < 1.29 is 112 Å². The molecule has 11 unspecified atom stereocenters. The molecule has 336 valence electrons. The molecule has 4 rings (SSSR count). The lowest BCUT2D eigenvalue weighted by molar-refractivity contribution is -0.288. The first-order chi connectivity index (χ1) is 27.3. The molecular weight excluding hydrogens is 852 g/mol. The van der Waals surface area contributed by atoms with Gasteiger partial charge < -0.3 is 91.2 Å². The second kappa shape index (κ2) is 19.3. The van der Waals surface area contributed by atoms with E-state index in [4.69, 9.17) is 38.8 Å². The van der Waals surface area contributed by atoms with Crippen LogP contribution in [0.3, 0.4) is 0 Å². The molecule has 31 heteroatoms. The lowest BCUT2D eigenvalue weighted by Crippen LogP contribution is -2.68. The Hall–Kier alpha value is -3.13. The number of ether oxygens (including phenoxy) is 3. The van der Waals surface area contributed by atoms with Gasteiger partial charge in [-0.3, -0.25) is 23.2 Å². The molecule has 0 saturated carbocycles. The summed E-state index contributed by atoms with van der Waals surface area (Å²) in [5.41, 5.74) is 4.44. The van der Waals surface area contributed by atoms with Crippen LogP contribution in [-0.4, -0.2) is 193 Å². The Kier molecular flexibility index (Phi) is 15.9. The quantitative estimate of drug-likeness (QED) is 0.0646. The Bertz CT molecular complexity index is 1820. The van der Waals surface area contributed by atoms with Crippen molar-refractivity contribution >= 4 is 39.2 Å². The van der Waals surface area contributed by atoms with Gasteiger partial charge in [-0.25, -0.2) is 23.2 Å². The first-order valence-corrected chi connectivity index (χ1v) is 20.2. The molecular formula is C28H45N5O24P2. The van der Waals surface area contributed by atoms with E-state index in [0.29, 0.717) is 0 Å². The molecule has 0 radical (unpaired) electrons. The normalized spacial score (nSPS) is 35.9. The molecule has 16 atom stereocenters. The molecule has 4 heterocycles. The summed E-state index contributed by atoms with van der Waals surface area (Å²) in [5.74, 6) is -7.74.